The number of likely N-dealkylation sites (tertiary alicyclic amines) is 1. The van der Waals surface area contributed by atoms with Gasteiger partial charge in [0.25, 0.3) is 0 Å². The number of rotatable bonds is 5. The molecular weight excluding hydrogens is 394 g/mol. The van der Waals surface area contributed by atoms with Gasteiger partial charge in [0.1, 0.15) is 0 Å². The fraction of sp³-hybridized carbons (Fsp3) is 0.409. The van der Waals surface area contributed by atoms with Crippen LogP contribution in [0.2, 0.25) is 5.02 Å². The summed E-state index contributed by atoms with van der Waals surface area (Å²) in [7, 11) is 0. The quantitative estimate of drug-likeness (QED) is 0.615. The Balaban J connectivity index is 1.38. The van der Waals surface area contributed by atoms with Crippen LogP contribution in [0.25, 0.3) is 0 Å². The number of thioether (sulfide) groups is 1. The van der Waals surface area contributed by atoms with Crippen molar-refractivity contribution in [3.63, 3.8) is 0 Å². The van der Waals surface area contributed by atoms with E-state index < -0.39 is 0 Å². The van der Waals surface area contributed by atoms with Crippen molar-refractivity contribution in [3.8, 4) is 11.5 Å². The Hall–Kier alpha value is -1.85. The molecule has 0 aromatic heterocycles. The molecule has 4 nitrogen and oxygen atoms in total. The van der Waals surface area contributed by atoms with Gasteiger partial charge >= 0.3 is 0 Å². The van der Waals surface area contributed by atoms with E-state index in [4.69, 9.17) is 21.1 Å². The van der Waals surface area contributed by atoms with Crippen molar-refractivity contribution in [2.75, 3.05) is 25.5 Å². The van der Waals surface area contributed by atoms with E-state index in [0.717, 1.165) is 58.5 Å². The summed E-state index contributed by atoms with van der Waals surface area (Å²) >= 11 is 7.61. The van der Waals surface area contributed by atoms with Crippen molar-refractivity contribution in [1.29, 1.82) is 0 Å². The van der Waals surface area contributed by atoms with Crippen LogP contribution in [0.15, 0.2) is 47.4 Å². The highest BCUT2D eigenvalue weighted by Gasteiger charge is 2.30. The normalized spacial score (nSPS) is 18.8. The average molecular weight is 418 g/mol. The van der Waals surface area contributed by atoms with Gasteiger partial charge in [-0.3, -0.25) is 4.79 Å². The van der Waals surface area contributed by atoms with Gasteiger partial charge in [0.05, 0.1) is 19.3 Å². The standard InChI is InChI=1S/C22H24ClNO3S/c23-17-5-7-18(8-6-17)28-14-10-22(25)24-11-1-3-19(24)16-4-9-20-21(15-16)27-13-2-12-26-20/h4-9,15,19H,1-3,10-14H2/t19-/m1/s1. The van der Waals surface area contributed by atoms with Gasteiger partial charge in [-0.05, 0) is 54.8 Å². The summed E-state index contributed by atoms with van der Waals surface area (Å²) in [6.45, 7) is 2.18. The topological polar surface area (TPSA) is 38.8 Å². The molecule has 2 heterocycles. The molecule has 0 radical (unpaired) electrons. The average Bonchev–Trinajstić information content (AvgIpc) is 3.08. The summed E-state index contributed by atoms with van der Waals surface area (Å²) in [5.74, 6) is 2.59. The first-order valence-electron chi connectivity index (χ1n) is 9.78. The Bertz CT molecular complexity index is 827. The monoisotopic (exact) mass is 417 g/mol. The van der Waals surface area contributed by atoms with E-state index in [-0.39, 0.29) is 11.9 Å². The maximum atomic E-state index is 12.9. The Kier molecular flexibility index (Phi) is 6.33. The van der Waals surface area contributed by atoms with E-state index in [2.05, 4.69) is 12.1 Å². The summed E-state index contributed by atoms with van der Waals surface area (Å²) in [6, 6.07) is 14.0. The maximum absolute atomic E-state index is 12.9. The third-order valence-corrected chi connectivity index (χ3v) is 6.39. The fourth-order valence-corrected chi connectivity index (χ4v) is 4.70. The van der Waals surface area contributed by atoms with E-state index in [1.165, 1.54) is 0 Å². The van der Waals surface area contributed by atoms with Gasteiger partial charge in [-0.1, -0.05) is 17.7 Å². The molecule has 2 aromatic rings. The van der Waals surface area contributed by atoms with Crippen LogP contribution < -0.4 is 9.47 Å². The van der Waals surface area contributed by atoms with Crippen LogP contribution in [0.1, 0.15) is 37.3 Å². The highest BCUT2D eigenvalue weighted by molar-refractivity contribution is 7.99. The fourth-order valence-electron chi connectivity index (χ4n) is 3.73. The second kappa shape index (κ2) is 9.10. The van der Waals surface area contributed by atoms with Crippen molar-refractivity contribution in [2.24, 2.45) is 0 Å². The molecule has 148 valence electrons. The number of carbonyl (C=O) groups excluding carboxylic acids is 1. The van der Waals surface area contributed by atoms with Gasteiger partial charge in [0.15, 0.2) is 11.5 Å². The van der Waals surface area contributed by atoms with Gasteiger partial charge in [-0.25, -0.2) is 0 Å². The molecule has 2 aliphatic rings. The summed E-state index contributed by atoms with van der Waals surface area (Å²) in [6.07, 6.45) is 3.46. The van der Waals surface area contributed by atoms with Gasteiger partial charge in [-0.15, -0.1) is 11.8 Å². The van der Waals surface area contributed by atoms with Crippen molar-refractivity contribution in [2.45, 2.75) is 36.6 Å². The molecule has 0 aliphatic carbocycles. The first-order valence-corrected chi connectivity index (χ1v) is 11.1. The number of ether oxygens (including phenoxy) is 2. The molecule has 1 amide bonds. The zero-order valence-corrected chi connectivity index (χ0v) is 17.3. The number of benzene rings is 2. The second-order valence-corrected chi connectivity index (χ2v) is 8.66. The second-order valence-electron chi connectivity index (χ2n) is 7.05. The molecule has 0 unspecified atom stereocenters. The van der Waals surface area contributed by atoms with Crippen LogP contribution in [0.3, 0.4) is 0 Å². The largest absolute Gasteiger partial charge is 0.490 e. The molecule has 0 N–H and O–H groups in total. The first-order chi connectivity index (χ1) is 13.7. The summed E-state index contributed by atoms with van der Waals surface area (Å²) in [4.78, 5) is 16.0. The highest BCUT2D eigenvalue weighted by atomic mass is 35.5. The molecule has 0 spiro atoms. The minimum absolute atomic E-state index is 0.130. The molecular formula is C22H24ClNO3S. The third kappa shape index (κ3) is 4.58. The lowest BCUT2D eigenvalue weighted by Gasteiger charge is -2.26. The molecule has 1 atom stereocenters. The van der Waals surface area contributed by atoms with Crippen molar-refractivity contribution >= 4 is 29.3 Å². The number of amides is 1. The molecule has 0 bridgehead atoms. The number of hydrogen-bond donors (Lipinski definition) is 0. The van der Waals surface area contributed by atoms with E-state index in [1.807, 2.05) is 35.2 Å². The van der Waals surface area contributed by atoms with Crippen LogP contribution in [0.4, 0.5) is 0 Å². The molecule has 2 aromatic carbocycles. The SMILES string of the molecule is O=C(CCSc1ccc(Cl)cc1)N1CCC[C@@H]1c1ccc2c(c1)OCCCO2. The van der Waals surface area contributed by atoms with E-state index in [1.54, 1.807) is 11.8 Å². The van der Waals surface area contributed by atoms with Gasteiger partial charge in [-0.2, -0.15) is 0 Å². The van der Waals surface area contributed by atoms with Crippen LogP contribution >= 0.6 is 23.4 Å². The summed E-state index contributed by atoms with van der Waals surface area (Å²) < 4.78 is 11.6. The van der Waals surface area contributed by atoms with Crippen molar-refractivity contribution in [3.05, 3.63) is 53.1 Å². The van der Waals surface area contributed by atoms with E-state index >= 15 is 0 Å². The Labute approximate surface area is 175 Å². The Morgan fingerprint density at radius 1 is 1.07 bits per heavy atom. The lowest BCUT2D eigenvalue weighted by molar-refractivity contribution is -0.131. The minimum Gasteiger partial charge on any atom is -0.490 e. The Morgan fingerprint density at radius 2 is 1.86 bits per heavy atom. The predicted molar refractivity (Wildman–Crippen MR) is 113 cm³/mol. The lowest BCUT2D eigenvalue weighted by Crippen LogP contribution is -2.30. The van der Waals surface area contributed by atoms with E-state index in [0.29, 0.717) is 19.6 Å². The molecule has 4 rings (SSSR count). The first kappa shape index (κ1) is 19.5. The molecule has 1 fully saturated rings. The van der Waals surface area contributed by atoms with Crippen LogP contribution in [-0.4, -0.2) is 36.3 Å². The smallest absolute Gasteiger partial charge is 0.223 e. The molecule has 28 heavy (non-hydrogen) atoms. The van der Waals surface area contributed by atoms with Crippen molar-refractivity contribution in [1.82, 2.24) is 4.90 Å². The molecule has 1 saturated heterocycles. The number of carbonyl (C=O) groups is 1. The number of nitrogens with zero attached hydrogens (tertiary/aromatic N) is 1. The molecule has 6 heteroatoms. The minimum atomic E-state index is 0.130. The Morgan fingerprint density at radius 3 is 2.68 bits per heavy atom. The maximum Gasteiger partial charge on any atom is 0.223 e. The van der Waals surface area contributed by atoms with Crippen molar-refractivity contribution < 1.29 is 14.3 Å². The highest BCUT2D eigenvalue weighted by Crippen LogP contribution is 2.38. The number of hydrogen-bond acceptors (Lipinski definition) is 4. The molecule has 0 saturated carbocycles. The van der Waals surface area contributed by atoms with Crippen LogP contribution in [0.5, 0.6) is 11.5 Å². The summed E-state index contributed by atoms with van der Waals surface area (Å²) in [5.41, 5.74) is 1.14. The van der Waals surface area contributed by atoms with Gasteiger partial charge in [0.2, 0.25) is 5.91 Å². The van der Waals surface area contributed by atoms with Gasteiger partial charge < -0.3 is 14.4 Å². The van der Waals surface area contributed by atoms with Gasteiger partial charge in [0, 0.05) is 35.1 Å². The zero-order valence-electron chi connectivity index (χ0n) is 15.7. The molecule has 2 aliphatic heterocycles. The lowest BCUT2D eigenvalue weighted by atomic mass is 10.0. The summed E-state index contributed by atoms with van der Waals surface area (Å²) in [5, 5.41) is 0.732. The predicted octanol–water partition coefficient (Wildman–Crippen LogP) is 5.35. The number of fused-ring (bicyclic) bond motifs is 1. The zero-order chi connectivity index (χ0) is 19.3. The van der Waals surface area contributed by atoms with Crippen LogP contribution in [0, 0.1) is 0 Å². The number of halogens is 1. The van der Waals surface area contributed by atoms with Crippen LogP contribution in [-0.2, 0) is 4.79 Å². The van der Waals surface area contributed by atoms with E-state index in [9.17, 15) is 4.79 Å². The third-order valence-electron chi connectivity index (χ3n) is 5.13.